The maximum atomic E-state index is 12.9. The molecule has 1 heterocycles. The lowest BCUT2D eigenvalue weighted by Gasteiger charge is -2.36. The van der Waals surface area contributed by atoms with Crippen molar-refractivity contribution in [2.75, 3.05) is 6.54 Å². The highest BCUT2D eigenvalue weighted by atomic mass is 19.1. The van der Waals surface area contributed by atoms with Crippen molar-refractivity contribution in [1.29, 1.82) is 0 Å². The summed E-state index contributed by atoms with van der Waals surface area (Å²) in [5.74, 6) is 0.691. The highest BCUT2D eigenvalue weighted by Crippen LogP contribution is 2.40. The number of nitrogens with two attached hydrogens (primary N) is 1. The van der Waals surface area contributed by atoms with Crippen LogP contribution in [0.4, 0.5) is 4.39 Å². The normalized spacial score (nSPS) is 30.6. The van der Waals surface area contributed by atoms with Crippen molar-refractivity contribution < 1.29 is 4.39 Å². The number of nitrogens with zero attached hydrogens (tertiary/aromatic N) is 1. The molecule has 3 rings (SSSR count). The molecule has 98 valence electrons. The van der Waals surface area contributed by atoms with Crippen molar-refractivity contribution >= 4 is 0 Å². The van der Waals surface area contributed by atoms with E-state index in [4.69, 9.17) is 5.73 Å². The summed E-state index contributed by atoms with van der Waals surface area (Å²) in [7, 11) is 0. The number of hydrogen-bond acceptors (Lipinski definition) is 2. The van der Waals surface area contributed by atoms with Gasteiger partial charge in [0.25, 0.3) is 0 Å². The lowest BCUT2D eigenvalue weighted by molar-refractivity contribution is 0.140. The number of hydrogen-bond donors (Lipinski definition) is 1. The number of likely N-dealkylation sites (tertiary alicyclic amines) is 1. The monoisotopic (exact) mass is 248 g/mol. The predicted molar refractivity (Wildman–Crippen MR) is 70.6 cm³/mol. The summed E-state index contributed by atoms with van der Waals surface area (Å²) in [6.45, 7) is 3.40. The zero-order valence-corrected chi connectivity index (χ0v) is 10.8. The molecule has 1 aromatic carbocycles. The Morgan fingerprint density at radius 3 is 2.56 bits per heavy atom. The first-order valence-electron chi connectivity index (χ1n) is 6.92. The molecule has 1 aliphatic carbocycles. The van der Waals surface area contributed by atoms with Crippen molar-refractivity contribution in [2.24, 2.45) is 11.7 Å². The molecule has 2 fully saturated rings. The molecule has 2 N–H and O–H groups in total. The first kappa shape index (κ1) is 12.1. The minimum atomic E-state index is -0.196. The summed E-state index contributed by atoms with van der Waals surface area (Å²) in [6, 6.07) is 7.67. The molecule has 0 spiro atoms. The Bertz CT molecular complexity index is 417. The molecule has 2 bridgehead atoms. The van der Waals surface area contributed by atoms with Crippen molar-refractivity contribution in [3.63, 3.8) is 0 Å². The van der Waals surface area contributed by atoms with Crippen LogP contribution in [0.1, 0.15) is 37.8 Å². The smallest absolute Gasteiger partial charge is 0.123 e. The van der Waals surface area contributed by atoms with Crippen LogP contribution in [0.5, 0.6) is 0 Å². The Morgan fingerprint density at radius 2 is 2.00 bits per heavy atom. The van der Waals surface area contributed by atoms with Crippen LogP contribution in [0.3, 0.4) is 0 Å². The Labute approximate surface area is 108 Å². The minimum absolute atomic E-state index is 0.0232. The summed E-state index contributed by atoms with van der Waals surface area (Å²) in [4.78, 5) is 2.56. The minimum Gasteiger partial charge on any atom is -0.323 e. The molecule has 1 aromatic rings. The Kier molecular flexibility index (Phi) is 3.12. The highest BCUT2D eigenvalue weighted by Gasteiger charge is 2.41. The van der Waals surface area contributed by atoms with E-state index in [0.717, 1.165) is 17.5 Å². The van der Waals surface area contributed by atoms with Gasteiger partial charge in [0.05, 0.1) is 0 Å². The molecule has 2 aliphatic rings. The molecular weight excluding hydrogens is 227 g/mol. The van der Waals surface area contributed by atoms with Gasteiger partial charge in [-0.1, -0.05) is 12.1 Å². The van der Waals surface area contributed by atoms with Gasteiger partial charge in [0.2, 0.25) is 0 Å². The fraction of sp³-hybridized carbons (Fsp3) is 0.600. The van der Waals surface area contributed by atoms with Gasteiger partial charge in [0.1, 0.15) is 5.82 Å². The van der Waals surface area contributed by atoms with Crippen molar-refractivity contribution in [3.8, 4) is 0 Å². The lowest BCUT2D eigenvalue weighted by atomic mass is 9.98. The molecule has 1 saturated heterocycles. The molecule has 0 aromatic heterocycles. The fourth-order valence-corrected chi connectivity index (χ4v) is 3.63. The van der Waals surface area contributed by atoms with Crippen molar-refractivity contribution in [3.05, 3.63) is 35.6 Å². The zero-order chi connectivity index (χ0) is 12.7. The molecular formula is C15H21FN2. The average molecular weight is 248 g/mol. The molecule has 2 nitrogen and oxygen atoms in total. The third-order valence-electron chi connectivity index (χ3n) is 4.75. The first-order chi connectivity index (χ1) is 8.65. The van der Waals surface area contributed by atoms with Gasteiger partial charge in [0.15, 0.2) is 0 Å². The second-order valence-corrected chi connectivity index (χ2v) is 5.85. The van der Waals surface area contributed by atoms with Crippen LogP contribution in [0.2, 0.25) is 0 Å². The van der Waals surface area contributed by atoms with Gasteiger partial charge < -0.3 is 5.73 Å². The van der Waals surface area contributed by atoms with E-state index in [1.54, 1.807) is 0 Å². The van der Waals surface area contributed by atoms with Crippen molar-refractivity contribution in [2.45, 2.75) is 44.3 Å². The third-order valence-corrected chi connectivity index (χ3v) is 4.75. The van der Waals surface area contributed by atoms with Gasteiger partial charge in [-0.25, -0.2) is 4.39 Å². The van der Waals surface area contributed by atoms with E-state index in [-0.39, 0.29) is 11.9 Å². The summed E-state index contributed by atoms with van der Waals surface area (Å²) in [5, 5.41) is 0. The van der Waals surface area contributed by atoms with Gasteiger partial charge in [-0.05, 0) is 49.8 Å². The van der Waals surface area contributed by atoms with Crippen LogP contribution in [0.15, 0.2) is 24.3 Å². The van der Waals surface area contributed by atoms with Gasteiger partial charge >= 0.3 is 0 Å². The van der Waals surface area contributed by atoms with Gasteiger partial charge in [-0.2, -0.15) is 0 Å². The van der Waals surface area contributed by atoms with E-state index in [1.807, 2.05) is 12.1 Å². The van der Waals surface area contributed by atoms with E-state index < -0.39 is 0 Å². The molecule has 1 saturated carbocycles. The molecule has 0 radical (unpaired) electrons. The first-order valence-corrected chi connectivity index (χ1v) is 6.92. The van der Waals surface area contributed by atoms with E-state index in [2.05, 4.69) is 11.8 Å². The van der Waals surface area contributed by atoms with Gasteiger partial charge in [-0.3, -0.25) is 4.90 Å². The highest BCUT2D eigenvalue weighted by molar-refractivity contribution is 5.21. The van der Waals surface area contributed by atoms with Crippen LogP contribution in [-0.4, -0.2) is 23.5 Å². The number of fused-ring (bicyclic) bond motifs is 2. The third kappa shape index (κ3) is 2.06. The molecule has 0 amide bonds. The summed E-state index contributed by atoms with van der Waals surface area (Å²) in [6.07, 6.45) is 4.06. The maximum Gasteiger partial charge on any atom is 0.123 e. The van der Waals surface area contributed by atoms with E-state index in [0.29, 0.717) is 6.04 Å². The molecule has 1 aliphatic heterocycles. The number of rotatable bonds is 3. The summed E-state index contributed by atoms with van der Waals surface area (Å²) >= 11 is 0. The van der Waals surface area contributed by atoms with E-state index >= 15 is 0 Å². The van der Waals surface area contributed by atoms with Crippen LogP contribution in [0.25, 0.3) is 0 Å². The van der Waals surface area contributed by atoms with Crippen LogP contribution in [0, 0.1) is 11.7 Å². The number of piperidine rings is 1. The predicted octanol–water partition coefficient (Wildman–Crippen LogP) is 2.70. The van der Waals surface area contributed by atoms with E-state index in [1.165, 1.54) is 37.9 Å². The standard InChI is InChI=1S/C15H21FN2/c1-10(18-9-11-2-7-14(18)8-11)15(17)12-3-5-13(16)6-4-12/h3-6,10-11,14-15H,2,7-9,17H2,1H3. The lowest BCUT2D eigenvalue weighted by Crippen LogP contribution is -2.45. The topological polar surface area (TPSA) is 29.3 Å². The number of benzene rings is 1. The second kappa shape index (κ2) is 4.63. The van der Waals surface area contributed by atoms with Gasteiger partial charge in [-0.15, -0.1) is 0 Å². The van der Waals surface area contributed by atoms with Gasteiger partial charge in [0, 0.05) is 24.7 Å². The average Bonchev–Trinajstić information content (AvgIpc) is 3.00. The van der Waals surface area contributed by atoms with Crippen LogP contribution >= 0.6 is 0 Å². The molecule has 3 heteroatoms. The molecule has 4 atom stereocenters. The van der Waals surface area contributed by atoms with E-state index in [9.17, 15) is 4.39 Å². The SMILES string of the molecule is CC(C(N)c1ccc(F)cc1)N1CC2CCC1C2. The van der Waals surface area contributed by atoms with Crippen LogP contribution < -0.4 is 5.73 Å². The Balaban J connectivity index is 1.72. The number of halogens is 1. The fourth-order valence-electron chi connectivity index (χ4n) is 3.63. The van der Waals surface area contributed by atoms with Crippen molar-refractivity contribution in [1.82, 2.24) is 4.90 Å². The largest absolute Gasteiger partial charge is 0.323 e. The summed E-state index contributed by atoms with van der Waals surface area (Å²) < 4.78 is 12.9. The Hall–Kier alpha value is -0.930. The quantitative estimate of drug-likeness (QED) is 0.891. The Morgan fingerprint density at radius 1 is 1.28 bits per heavy atom. The summed E-state index contributed by atoms with van der Waals surface area (Å²) in [5.41, 5.74) is 7.37. The molecule has 18 heavy (non-hydrogen) atoms. The maximum absolute atomic E-state index is 12.9. The zero-order valence-electron chi connectivity index (χ0n) is 10.8. The van der Waals surface area contributed by atoms with Crippen LogP contribution in [-0.2, 0) is 0 Å². The molecule has 4 unspecified atom stereocenters. The second-order valence-electron chi connectivity index (χ2n) is 5.85.